The van der Waals surface area contributed by atoms with E-state index in [4.69, 9.17) is 0 Å². The van der Waals surface area contributed by atoms with Crippen molar-refractivity contribution in [2.45, 2.75) is 101 Å². The Bertz CT molecular complexity index is 2240. The SMILES string of the molecule is Cc1ccc(-c2cc(C)cc(-c3ccc(C)cc3)c2P(c2c(-c3ccc(C)cc3)cc(C)cc2-c2ccc(C)cc2)c2c(C(C)C)cc(C(C)C)cc2C(C)C)cc1. The van der Waals surface area contributed by atoms with Gasteiger partial charge in [0.25, 0.3) is 0 Å². The molecule has 0 nitrogen and oxygen atoms in total. The summed E-state index contributed by atoms with van der Waals surface area (Å²) in [6.45, 7) is 27.7. The molecule has 0 heterocycles. The topological polar surface area (TPSA) is 0 Å². The third-order valence-corrected chi connectivity index (χ3v) is 14.6. The summed E-state index contributed by atoms with van der Waals surface area (Å²) >= 11 is 0. The van der Waals surface area contributed by atoms with Crippen molar-refractivity contribution >= 4 is 23.8 Å². The molecule has 7 aromatic carbocycles. The molecule has 1 heteroatoms. The molecule has 0 radical (unpaired) electrons. The molecular weight excluding hydrogens is 716 g/mol. The lowest BCUT2D eigenvalue weighted by molar-refractivity contribution is 0.813. The van der Waals surface area contributed by atoms with Gasteiger partial charge in [0.2, 0.25) is 0 Å². The van der Waals surface area contributed by atoms with Crippen LogP contribution in [0.2, 0.25) is 0 Å². The van der Waals surface area contributed by atoms with Crippen LogP contribution in [0.15, 0.2) is 133 Å². The molecular formula is C57H61P. The Kier molecular flexibility index (Phi) is 12.1. The quantitative estimate of drug-likeness (QED) is 0.121. The van der Waals surface area contributed by atoms with E-state index in [-0.39, 0.29) is 0 Å². The lowest BCUT2D eigenvalue weighted by Crippen LogP contribution is -2.32. The molecule has 294 valence electrons. The average Bonchev–Trinajstić information content (AvgIpc) is 3.19. The second kappa shape index (κ2) is 17.1. The van der Waals surface area contributed by atoms with Gasteiger partial charge in [-0.05, 0) is 145 Å². The van der Waals surface area contributed by atoms with Crippen molar-refractivity contribution in [2.24, 2.45) is 0 Å². The first-order chi connectivity index (χ1) is 27.7. The van der Waals surface area contributed by atoms with Crippen molar-refractivity contribution in [1.29, 1.82) is 0 Å². The van der Waals surface area contributed by atoms with E-state index < -0.39 is 7.92 Å². The van der Waals surface area contributed by atoms with Gasteiger partial charge in [-0.1, -0.05) is 197 Å². The monoisotopic (exact) mass is 776 g/mol. The maximum Gasteiger partial charge on any atom is 0.000671 e. The molecule has 0 saturated carbocycles. The standard InChI is InChI=1S/C57H61P/c1-35(2)48-33-49(36(3)4)55(50(34-48)37(5)6)58(56-51(44-21-13-38(7)14-22-44)29-42(11)30-52(56)45-23-15-39(8)16-24-45)57-53(46-25-17-40(9)18-26-46)31-43(12)32-54(57)47-27-19-41(10)20-28-47/h13-37H,1-12H3. The van der Waals surface area contributed by atoms with Gasteiger partial charge in [-0.25, -0.2) is 0 Å². The Hall–Kier alpha value is -5.03. The zero-order valence-corrected chi connectivity index (χ0v) is 37.8. The van der Waals surface area contributed by atoms with E-state index in [2.05, 4.69) is 217 Å². The summed E-state index contributed by atoms with van der Waals surface area (Å²) in [7, 11) is -1.22. The Morgan fingerprint density at radius 1 is 0.293 bits per heavy atom. The molecule has 0 aliphatic carbocycles. The summed E-state index contributed by atoms with van der Waals surface area (Å²) < 4.78 is 0. The molecule has 0 fully saturated rings. The second-order valence-corrected chi connectivity index (χ2v) is 19.7. The fourth-order valence-corrected chi connectivity index (χ4v) is 11.9. The molecule has 7 rings (SSSR count). The third kappa shape index (κ3) is 8.42. The van der Waals surface area contributed by atoms with Gasteiger partial charge in [0.1, 0.15) is 0 Å². The summed E-state index contributed by atoms with van der Waals surface area (Å²) in [5.74, 6) is 1.07. The first-order valence-corrected chi connectivity index (χ1v) is 22.6. The van der Waals surface area contributed by atoms with Crippen LogP contribution in [0.5, 0.6) is 0 Å². The number of hydrogen-bond acceptors (Lipinski definition) is 0. The van der Waals surface area contributed by atoms with Gasteiger partial charge in [0.05, 0.1) is 0 Å². The molecule has 0 amide bonds. The fraction of sp³-hybridized carbons (Fsp3) is 0.263. The summed E-state index contributed by atoms with van der Waals surface area (Å²) in [5.41, 5.74) is 22.4. The van der Waals surface area contributed by atoms with E-state index in [0.717, 1.165) is 0 Å². The maximum absolute atomic E-state index is 2.57. The van der Waals surface area contributed by atoms with Gasteiger partial charge in [0.15, 0.2) is 0 Å². The van der Waals surface area contributed by atoms with E-state index in [9.17, 15) is 0 Å². The number of rotatable bonds is 10. The van der Waals surface area contributed by atoms with Gasteiger partial charge in [-0.15, -0.1) is 0 Å². The smallest absolute Gasteiger partial charge is 0.000671 e. The van der Waals surface area contributed by atoms with Crippen molar-refractivity contribution < 1.29 is 0 Å². The zero-order valence-electron chi connectivity index (χ0n) is 36.9. The molecule has 0 N–H and O–H groups in total. The fourth-order valence-electron chi connectivity index (χ4n) is 8.36. The molecule has 0 aliphatic rings. The normalized spacial score (nSPS) is 11.7. The maximum atomic E-state index is 2.57. The molecule has 0 aromatic heterocycles. The summed E-state index contributed by atoms with van der Waals surface area (Å²) in [5, 5.41) is 4.38. The molecule has 0 aliphatic heterocycles. The summed E-state index contributed by atoms with van der Waals surface area (Å²) in [6, 6.07) is 52.2. The highest BCUT2D eigenvalue weighted by molar-refractivity contribution is 7.81. The summed E-state index contributed by atoms with van der Waals surface area (Å²) in [6.07, 6.45) is 0. The minimum Gasteiger partial charge on any atom is -0.0587 e. The van der Waals surface area contributed by atoms with Crippen molar-refractivity contribution in [2.75, 3.05) is 0 Å². The van der Waals surface area contributed by atoms with Gasteiger partial charge < -0.3 is 0 Å². The predicted molar refractivity (Wildman–Crippen MR) is 258 cm³/mol. The minimum atomic E-state index is -1.22. The van der Waals surface area contributed by atoms with Gasteiger partial charge in [0, 0.05) is 10.6 Å². The van der Waals surface area contributed by atoms with Crippen LogP contribution in [0.4, 0.5) is 0 Å². The largest absolute Gasteiger partial charge is 0.0587 e. The van der Waals surface area contributed by atoms with Crippen LogP contribution in [0, 0.1) is 41.5 Å². The molecule has 0 spiro atoms. The molecule has 0 atom stereocenters. The van der Waals surface area contributed by atoms with E-state index in [1.165, 1.54) is 110 Å². The molecule has 0 saturated heterocycles. The van der Waals surface area contributed by atoms with E-state index in [1.54, 1.807) is 0 Å². The van der Waals surface area contributed by atoms with Crippen molar-refractivity contribution in [3.63, 3.8) is 0 Å². The molecule has 7 aromatic rings. The first kappa shape index (κ1) is 41.1. The van der Waals surface area contributed by atoms with Crippen LogP contribution in [-0.4, -0.2) is 0 Å². The van der Waals surface area contributed by atoms with Crippen LogP contribution >= 0.6 is 7.92 Å². The van der Waals surface area contributed by atoms with E-state index >= 15 is 0 Å². The van der Waals surface area contributed by atoms with E-state index in [0.29, 0.717) is 17.8 Å². The summed E-state index contributed by atoms with van der Waals surface area (Å²) in [4.78, 5) is 0. The predicted octanol–water partition coefficient (Wildman–Crippen LogP) is 15.3. The first-order valence-electron chi connectivity index (χ1n) is 21.3. The van der Waals surface area contributed by atoms with Crippen LogP contribution in [0.3, 0.4) is 0 Å². The van der Waals surface area contributed by atoms with E-state index in [1.807, 2.05) is 0 Å². The van der Waals surface area contributed by atoms with Crippen LogP contribution in [-0.2, 0) is 0 Å². The Morgan fingerprint density at radius 2 is 0.552 bits per heavy atom. The van der Waals surface area contributed by atoms with Gasteiger partial charge >= 0.3 is 0 Å². The van der Waals surface area contributed by atoms with Crippen molar-refractivity contribution in [1.82, 2.24) is 0 Å². The second-order valence-electron chi connectivity index (χ2n) is 17.7. The molecule has 0 unspecified atom stereocenters. The number of aryl methyl sites for hydroxylation is 6. The highest BCUT2D eigenvalue weighted by Gasteiger charge is 2.34. The van der Waals surface area contributed by atoms with Crippen molar-refractivity contribution in [3.8, 4) is 44.5 Å². The molecule has 0 bridgehead atoms. The van der Waals surface area contributed by atoms with Crippen molar-refractivity contribution in [3.05, 3.63) is 184 Å². The van der Waals surface area contributed by atoms with Gasteiger partial charge in [-0.2, -0.15) is 0 Å². The Balaban J connectivity index is 1.79. The number of hydrogen-bond donors (Lipinski definition) is 0. The lowest BCUT2D eigenvalue weighted by Gasteiger charge is -2.35. The van der Waals surface area contributed by atoms with Crippen LogP contribution in [0.25, 0.3) is 44.5 Å². The van der Waals surface area contributed by atoms with Crippen LogP contribution < -0.4 is 15.9 Å². The lowest BCUT2D eigenvalue weighted by atomic mass is 9.89. The number of benzene rings is 7. The molecule has 58 heavy (non-hydrogen) atoms. The average molecular weight is 777 g/mol. The highest BCUT2D eigenvalue weighted by atomic mass is 31.1. The highest BCUT2D eigenvalue weighted by Crippen LogP contribution is 2.50. The minimum absolute atomic E-state index is 0.323. The van der Waals surface area contributed by atoms with Crippen LogP contribution in [0.1, 0.15) is 109 Å². The Labute approximate surface area is 351 Å². The zero-order chi connectivity index (χ0) is 41.4. The third-order valence-electron chi connectivity index (χ3n) is 11.7. The van der Waals surface area contributed by atoms with Gasteiger partial charge in [-0.3, -0.25) is 0 Å². The Morgan fingerprint density at radius 3 is 0.776 bits per heavy atom.